The van der Waals surface area contributed by atoms with Crippen molar-refractivity contribution in [2.75, 3.05) is 5.75 Å². The highest BCUT2D eigenvalue weighted by Gasteiger charge is 2.21. The Labute approximate surface area is 118 Å². The van der Waals surface area contributed by atoms with E-state index in [-0.39, 0.29) is 11.8 Å². The van der Waals surface area contributed by atoms with Gasteiger partial charge in [-0.25, -0.2) is 8.42 Å². The van der Waals surface area contributed by atoms with E-state index < -0.39 is 9.84 Å². The number of hydrogen-bond donors (Lipinski definition) is 1. The van der Waals surface area contributed by atoms with Crippen LogP contribution >= 0.6 is 0 Å². The normalized spacial score (nSPS) is 20.8. The Balaban J connectivity index is 1.80. The van der Waals surface area contributed by atoms with E-state index in [1.54, 1.807) is 6.08 Å². The number of fused-ring (bicyclic) bond motifs is 1. The number of hydrogen-bond acceptors (Lipinski definition) is 4. The molecule has 0 radical (unpaired) electrons. The smallest absolute Gasteiger partial charge is 0.173 e. The summed E-state index contributed by atoms with van der Waals surface area (Å²) in [4.78, 5) is 0. The van der Waals surface area contributed by atoms with E-state index in [1.807, 2.05) is 22.9 Å². The molecule has 3 rings (SSSR count). The van der Waals surface area contributed by atoms with Crippen LogP contribution in [0.25, 0.3) is 10.9 Å². The van der Waals surface area contributed by atoms with Gasteiger partial charge in [0.15, 0.2) is 9.84 Å². The van der Waals surface area contributed by atoms with Gasteiger partial charge in [-0.3, -0.25) is 4.68 Å². The van der Waals surface area contributed by atoms with Gasteiger partial charge in [-0.1, -0.05) is 24.3 Å². The summed E-state index contributed by atoms with van der Waals surface area (Å²) < 4.78 is 24.7. The van der Waals surface area contributed by atoms with Crippen LogP contribution in [-0.2, 0) is 22.9 Å². The molecule has 0 fully saturated rings. The maximum Gasteiger partial charge on any atom is 0.173 e. The molecule has 0 aliphatic carbocycles. The van der Waals surface area contributed by atoms with Gasteiger partial charge in [0.2, 0.25) is 0 Å². The molecule has 5 nitrogen and oxygen atoms in total. The van der Waals surface area contributed by atoms with Crippen LogP contribution in [0, 0.1) is 0 Å². The van der Waals surface area contributed by atoms with Gasteiger partial charge in [0.25, 0.3) is 0 Å². The number of rotatable bonds is 4. The summed E-state index contributed by atoms with van der Waals surface area (Å²) >= 11 is 0. The summed E-state index contributed by atoms with van der Waals surface area (Å²) in [6.07, 6.45) is 1.70. The van der Waals surface area contributed by atoms with Crippen LogP contribution in [0.2, 0.25) is 0 Å². The van der Waals surface area contributed by atoms with Gasteiger partial charge < -0.3 is 5.32 Å². The second-order valence-electron chi connectivity index (χ2n) is 4.93. The van der Waals surface area contributed by atoms with Gasteiger partial charge in [-0.15, -0.1) is 0 Å². The van der Waals surface area contributed by atoms with Crippen molar-refractivity contribution in [3.8, 4) is 0 Å². The van der Waals surface area contributed by atoms with Crippen LogP contribution < -0.4 is 5.32 Å². The molecule has 0 saturated heterocycles. The van der Waals surface area contributed by atoms with E-state index in [0.717, 1.165) is 23.1 Å². The maximum absolute atomic E-state index is 11.4. The Morgan fingerprint density at radius 2 is 2.20 bits per heavy atom. The van der Waals surface area contributed by atoms with E-state index >= 15 is 0 Å². The predicted molar refractivity (Wildman–Crippen MR) is 79.0 cm³/mol. The SMILES string of the molecule is CCn1nc(CNC2C=CS(=O)(=O)C2)c2ccccc21. The molecule has 0 bridgehead atoms. The average Bonchev–Trinajstić information content (AvgIpc) is 2.97. The Kier molecular flexibility index (Phi) is 3.35. The minimum absolute atomic E-state index is 0.120. The van der Waals surface area contributed by atoms with E-state index in [9.17, 15) is 8.42 Å². The number of para-hydroxylation sites is 1. The fourth-order valence-electron chi connectivity index (χ4n) is 2.50. The predicted octanol–water partition coefficient (Wildman–Crippen LogP) is 1.46. The van der Waals surface area contributed by atoms with Crippen molar-refractivity contribution < 1.29 is 8.42 Å². The molecule has 2 aromatic rings. The van der Waals surface area contributed by atoms with Crippen LogP contribution in [0.5, 0.6) is 0 Å². The molecule has 0 saturated carbocycles. The number of aryl methyl sites for hydroxylation is 1. The maximum atomic E-state index is 11.4. The Bertz CT molecular complexity index is 762. The summed E-state index contributed by atoms with van der Waals surface area (Å²) in [6.45, 7) is 3.44. The molecule has 1 aromatic heterocycles. The van der Waals surface area contributed by atoms with Gasteiger partial charge in [-0.2, -0.15) is 5.10 Å². The number of sulfone groups is 1. The highest BCUT2D eigenvalue weighted by Crippen LogP contribution is 2.18. The molecule has 6 heteroatoms. The first-order valence-electron chi connectivity index (χ1n) is 6.68. The van der Waals surface area contributed by atoms with Gasteiger partial charge in [0, 0.05) is 29.9 Å². The molecular formula is C14H17N3O2S. The van der Waals surface area contributed by atoms with Crippen molar-refractivity contribution in [2.45, 2.75) is 26.1 Å². The summed E-state index contributed by atoms with van der Waals surface area (Å²) in [5.74, 6) is 0.138. The van der Waals surface area contributed by atoms with Crippen LogP contribution in [0.1, 0.15) is 12.6 Å². The highest BCUT2D eigenvalue weighted by molar-refractivity contribution is 7.94. The number of nitrogens with one attached hydrogen (secondary N) is 1. The third-order valence-corrected chi connectivity index (χ3v) is 4.89. The van der Waals surface area contributed by atoms with Gasteiger partial charge in [0.1, 0.15) is 0 Å². The van der Waals surface area contributed by atoms with Crippen LogP contribution in [-0.4, -0.2) is 30.0 Å². The molecule has 1 N–H and O–H groups in total. The summed E-state index contributed by atoms with van der Waals surface area (Å²) in [5.41, 5.74) is 2.07. The third kappa shape index (κ3) is 2.48. The van der Waals surface area contributed by atoms with Crippen molar-refractivity contribution >= 4 is 20.7 Å². The first-order chi connectivity index (χ1) is 9.59. The second kappa shape index (κ2) is 5.03. The Morgan fingerprint density at radius 1 is 1.40 bits per heavy atom. The first-order valence-corrected chi connectivity index (χ1v) is 8.39. The van der Waals surface area contributed by atoms with Crippen molar-refractivity contribution in [1.82, 2.24) is 15.1 Å². The fraction of sp³-hybridized carbons (Fsp3) is 0.357. The van der Waals surface area contributed by atoms with Crippen LogP contribution in [0.4, 0.5) is 0 Å². The third-order valence-electron chi connectivity index (χ3n) is 3.50. The van der Waals surface area contributed by atoms with E-state index in [1.165, 1.54) is 5.41 Å². The zero-order valence-corrected chi connectivity index (χ0v) is 12.1. The van der Waals surface area contributed by atoms with Crippen LogP contribution in [0.3, 0.4) is 0 Å². The number of benzene rings is 1. The summed E-state index contributed by atoms with van der Waals surface area (Å²) in [7, 11) is -3.01. The number of nitrogens with zero attached hydrogens (tertiary/aromatic N) is 2. The first kappa shape index (κ1) is 13.3. The molecule has 2 heterocycles. The molecule has 1 aromatic carbocycles. The number of aromatic nitrogens is 2. The standard InChI is InChI=1S/C14H17N3O2S/c1-2-17-14-6-4-3-5-12(14)13(16-17)9-15-11-7-8-20(18,19)10-11/h3-8,11,15H,2,9-10H2,1H3. The molecule has 1 aliphatic rings. The van der Waals surface area contributed by atoms with Crippen molar-refractivity contribution in [2.24, 2.45) is 0 Å². The minimum Gasteiger partial charge on any atom is -0.304 e. The zero-order valence-electron chi connectivity index (χ0n) is 11.3. The van der Waals surface area contributed by atoms with Gasteiger partial charge in [0.05, 0.1) is 17.0 Å². The molecule has 20 heavy (non-hydrogen) atoms. The summed E-state index contributed by atoms with van der Waals surface area (Å²) in [6, 6.07) is 7.97. The minimum atomic E-state index is -3.01. The molecular weight excluding hydrogens is 274 g/mol. The zero-order chi connectivity index (χ0) is 14.2. The van der Waals surface area contributed by atoms with Crippen molar-refractivity contribution in [3.63, 3.8) is 0 Å². The molecule has 1 aliphatic heterocycles. The van der Waals surface area contributed by atoms with Gasteiger partial charge in [-0.05, 0) is 13.0 Å². The lowest BCUT2D eigenvalue weighted by Gasteiger charge is -2.08. The lowest BCUT2D eigenvalue weighted by molar-refractivity contribution is 0.583. The van der Waals surface area contributed by atoms with Crippen molar-refractivity contribution in [1.29, 1.82) is 0 Å². The molecule has 106 valence electrons. The average molecular weight is 291 g/mol. The van der Waals surface area contributed by atoms with Crippen molar-refractivity contribution in [3.05, 3.63) is 41.4 Å². The molecule has 1 unspecified atom stereocenters. The lowest BCUT2D eigenvalue weighted by Crippen LogP contribution is -2.29. The van der Waals surface area contributed by atoms with E-state index in [2.05, 4.69) is 23.4 Å². The monoisotopic (exact) mass is 291 g/mol. The topological polar surface area (TPSA) is 64.0 Å². The molecule has 0 amide bonds. The van der Waals surface area contributed by atoms with Crippen LogP contribution in [0.15, 0.2) is 35.7 Å². The quantitative estimate of drug-likeness (QED) is 0.926. The van der Waals surface area contributed by atoms with Gasteiger partial charge >= 0.3 is 0 Å². The Hall–Kier alpha value is -1.66. The molecule has 0 spiro atoms. The molecule has 1 atom stereocenters. The second-order valence-corrected chi connectivity index (χ2v) is 6.86. The highest BCUT2D eigenvalue weighted by atomic mass is 32.2. The fourth-order valence-corrected chi connectivity index (χ4v) is 3.77. The lowest BCUT2D eigenvalue weighted by atomic mass is 10.2. The summed E-state index contributed by atoms with van der Waals surface area (Å²) in [5, 5.41) is 10.2. The van der Waals surface area contributed by atoms with E-state index in [0.29, 0.717) is 6.54 Å². The largest absolute Gasteiger partial charge is 0.304 e. The Morgan fingerprint density at radius 3 is 2.90 bits per heavy atom. The van der Waals surface area contributed by atoms with E-state index in [4.69, 9.17) is 0 Å².